The fraction of sp³-hybridized carbons (Fsp3) is 0.750. The summed E-state index contributed by atoms with van der Waals surface area (Å²) in [5, 5.41) is 4.54. The van der Waals surface area contributed by atoms with E-state index < -0.39 is 0 Å². The standard InChI is InChI=1S/C12H21N3S/c1-4-13-5-11-6-14-12(16-11)15-7-9(2)10(3)8-15/h6,9-10,13H,4-5,7-8H2,1-3H3. The van der Waals surface area contributed by atoms with E-state index in [0.717, 1.165) is 38.0 Å². The van der Waals surface area contributed by atoms with Gasteiger partial charge in [0.1, 0.15) is 0 Å². The molecular weight excluding hydrogens is 218 g/mol. The van der Waals surface area contributed by atoms with Gasteiger partial charge in [0.15, 0.2) is 5.13 Å². The highest BCUT2D eigenvalue weighted by Crippen LogP contribution is 2.30. The van der Waals surface area contributed by atoms with E-state index in [0.29, 0.717) is 0 Å². The van der Waals surface area contributed by atoms with E-state index in [2.05, 4.69) is 36.0 Å². The normalized spacial score (nSPS) is 25.3. The largest absolute Gasteiger partial charge is 0.348 e. The molecule has 16 heavy (non-hydrogen) atoms. The second-order valence-electron chi connectivity index (χ2n) is 4.75. The van der Waals surface area contributed by atoms with Crippen molar-refractivity contribution >= 4 is 16.5 Å². The van der Waals surface area contributed by atoms with Gasteiger partial charge < -0.3 is 10.2 Å². The van der Waals surface area contributed by atoms with Crippen LogP contribution >= 0.6 is 11.3 Å². The quantitative estimate of drug-likeness (QED) is 0.874. The Hall–Kier alpha value is -0.610. The smallest absolute Gasteiger partial charge is 0.185 e. The SMILES string of the molecule is CCNCc1cnc(N2CC(C)C(C)C2)s1. The van der Waals surface area contributed by atoms with Gasteiger partial charge in [0.25, 0.3) is 0 Å². The highest BCUT2D eigenvalue weighted by molar-refractivity contribution is 7.15. The van der Waals surface area contributed by atoms with Crippen LogP contribution in [0.3, 0.4) is 0 Å². The predicted molar refractivity (Wildman–Crippen MR) is 70.0 cm³/mol. The minimum Gasteiger partial charge on any atom is -0.348 e. The van der Waals surface area contributed by atoms with Crippen molar-refractivity contribution in [1.29, 1.82) is 0 Å². The topological polar surface area (TPSA) is 28.2 Å². The van der Waals surface area contributed by atoms with E-state index in [1.54, 1.807) is 0 Å². The van der Waals surface area contributed by atoms with E-state index in [-0.39, 0.29) is 0 Å². The third-order valence-corrected chi connectivity index (χ3v) is 4.41. The fourth-order valence-electron chi connectivity index (χ4n) is 2.06. The molecule has 2 heterocycles. The van der Waals surface area contributed by atoms with Gasteiger partial charge in [0.2, 0.25) is 0 Å². The molecule has 2 rings (SSSR count). The summed E-state index contributed by atoms with van der Waals surface area (Å²) < 4.78 is 0. The van der Waals surface area contributed by atoms with Gasteiger partial charge in [0.05, 0.1) is 0 Å². The lowest BCUT2D eigenvalue weighted by Gasteiger charge is -2.13. The Morgan fingerprint density at radius 3 is 2.75 bits per heavy atom. The molecule has 0 amide bonds. The van der Waals surface area contributed by atoms with Gasteiger partial charge in [-0.05, 0) is 18.4 Å². The highest BCUT2D eigenvalue weighted by atomic mass is 32.1. The lowest BCUT2D eigenvalue weighted by molar-refractivity contribution is 0.494. The average molecular weight is 239 g/mol. The molecule has 1 aliphatic rings. The lowest BCUT2D eigenvalue weighted by Crippen LogP contribution is -2.19. The van der Waals surface area contributed by atoms with Gasteiger partial charge in [0, 0.05) is 30.7 Å². The summed E-state index contributed by atoms with van der Waals surface area (Å²) in [6.45, 7) is 11.1. The van der Waals surface area contributed by atoms with Crippen molar-refractivity contribution in [3.63, 3.8) is 0 Å². The molecule has 3 nitrogen and oxygen atoms in total. The summed E-state index contributed by atoms with van der Waals surface area (Å²) in [5.74, 6) is 1.59. The van der Waals surface area contributed by atoms with Gasteiger partial charge in [-0.25, -0.2) is 4.98 Å². The van der Waals surface area contributed by atoms with Crippen LogP contribution in [0.1, 0.15) is 25.6 Å². The van der Waals surface area contributed by atoms with Crippen LogP contribution < -0.4 is 10.2 Å². The lowest BCUT2D eigenvalue weighted by atomic mass is 10.0. The molecule has 4 heteroatoms. The van der Waals surface area contributed by atoms with Gasteiger partial charge in [-0.2, -0.15) is 0 Å². The summed E-state index contributed by atoms with van der Waals surface area (Å²) in [6.07, 6.45) is 2.01. The zero-order valence-corrected chi connectivity index (χ0v) is 11.2. The molecule has 0 aromatic carbocycles. The number of nitrogens with one attached hydrogen (secondary N) is 1. The first kappa shape index (κ1) is 11.9. The van der Waals surface area contributed by atoms with Crippen LogP contribution in [0.15, 0.2) is 6.20 Å². The third-order valence-electron chi connectivity index (χ3n) is 3.35. The van der Waals surface area contributed by atoms with E-state index in [4.69, 9.17) is 0 Å². The average Bonchev–Trinajstić information content (AvgIpc) is 2.84. The molecule has 1 aromatic rings. The maximum atomic E-state index is 4.52. The number of anilines is 1. The number of hydrogen-bond acceptors (Lipinski definition) is 4. The molecule has 2 unspecified atom stereocenters. The maximum absolute atomic E-state index is 4.52. The number of hydrogen-bond donors (Lipinski definition) is 1. The number of nitrogens with zero attached hydrogens (tertiary/aromatic N) is 2. The van der Waals surface area contributed by atoms with Crippen molar-refractivity contribution < 1.29 is 0 Å². The Morgan fingerprint density at radius 1 is 1.44 bits per heavy atom. The molecule has 2 atom stereocenters. The van der Waals surface area contributed by atoms with E-state index >= 15 is 0 Å². The predicted octanol–water partition coefficient (Wildman–Crippen LogP) is 2.34. The molecular formula is C12H21N3S. The van der Waals surface area contributed by atoms with Crippen LogP contribution in [0.4, 0.5) is 5.13 Å². The third kappa shape index (κ3) is 2.55. The van der Waals surface area contributed by atoms with Gasteiger partial charge in [-0.3, -0.25) is 0 Å². The van der Waals surface area contributed by atoms with Gasteiger partial charge in [-0.1, -0.05) is 20.8 Å². The van der Waals surface area contributed by atoms with Crippen molar-refractivity contribution in [2.75, 3.05) is 24.5 Å². The zero-order valence-electron chi connectivity index (χ0n) is 10.4. The fourth-order valence-corrected chi connectivity index (χ4v) is 2.96. The summed E-state index contributed by atoms with van der Waals surface area (Å²) in [6, 6.07) is 0. The molecule has 0 aliphatic carbocycles. The highest BCUT2D eigenvalue weighted by Gasteiger charge is 2.27. The maximum Gasteiger partial charge on any atom is 0.185 e. The molecule has 1 aliphatic heterocycles. The molecule has 90 valence electrons. The first-order valence-corrected chi connectivity index (χ1v) is 6.92. The van der Waals surface area contributed by atoms with Crippen LogP contribution in [0.25, 0.3) is 0 Å². The molecule has 1 aromatic heterocycles. The number of aromatic nitrogens is 1. The van der Waals surface area contributed by atoms with E-state index in [9.17, 15) is 0 Å². The van der Waals surface area contributed by atoms with E-state index in [1.807, 2.05) is 17.5 Å². The van der Waals surface area contributed by atoms with Crippen molar-refractivity contribution in [3.05, 3.63) is 11.1 Å². The van der Waals surface area contributed by atoms with Crippen LogP contribution in [0, 0.1) is 11.8 Å². The number of thiazole rings is 1. The minimum atomic E-state index is 0.793. The van der Waals surface area contributed by atoms with Gasteiger partial charge in [-0.15, -0.1) is 11.3 Å². The second kappa shape index (κ2) is 5.15. The Balaban J connectivity index is 1.97. The van der Waals surface area contributed by atoms with Crippen molar-refractivity contribution in [2.45, 2.75) is 27.3 Å². The molecule has 0 spiro atoms. The number of rotatable bonds is 4. The molecule has 1 saturated heterocycles. The van der Waals surface area contributed by atoms with Crippen molar-refractivity contribution in [2.24, 2.45) is 11.8 Å². The molecule has 1 fully saturated rings. The van der Waals surface area contributed by atoms with Crippen molar-refractivity contribution in [3.8, 4) is 0 Å². The van der Waals surface area contributed by atoms with Gasteiger partial charge >= 0.3 is 0 Å². The first-order valence-electron chi connectivity index (χ1n) is 6.11. The Bertz CT molecular complexity index is 327. The zero-order chi connectivity index (χ0) is 11.5. The van der Waals surface area contributed by atoms with E-state index in [1.165, 1.54) is 10.0 Å². The molecule has 0 saturated carbocycles. The summed E-state index contributed by atoms with van der Waals surface area (Å²) >= 11 is 1.83. The Labute approximate surface area is 102 Å². The summed E-state index contributed by atoms with van der Waals surface area (Å²) in [7, 11) is 0. The minimum absolute atomic E-state index is 0.793. The molecule has 0 radical (unpaired) electrons. The van der Waals surface area contributed by atoms with Crippen molar-refractivity contribution in [1.82, 2.24) is 10.3 Å². The first-order chi connectivity index (χ1) is 7.70. The Morgan fingerprint density at radius 2 is 2.12 bits per heavy atom. The van der Waals surface area contributed by atoms with Crippen LogP contribution in [-0.2, 0) is 6.54 Å². The molecule has 0 bridgehead atoms. The second-order valence-corrected chi connectivity index (χ2v) is 5.84. The summed E-state index contributed by atoms with van der Waals surface area (Å²) in [4.78, 5) is 8.29. The van der Waals surface area contributed by atoms with Crippen LogP contribution in [0.2, 0.25) is 0 Å². The Kier molecular flexibility index (Phi) is 3.82. The van der Waals surface area contributed by atoms with Crippen LogP contribution in [-0.4, -0.2) is 24.6 Å². The summed E-state index contributed by atoms with van der Waals surface area (Å²) in [5.41, 5.74) is 0. The van der Waals surface area contributed by atoms with Crippen LogP contribution in [0.5, 0.6) is 0 Å². The monoisotopic (exact) mass is 239 g/mol. The molecule has 1 N–H and O–H groups in total.